The molecular weight excluding hydrogens is 276 g/mol. The average Bonchev–Trinajstić information content (AvgIpc) is 2.73. The summed E-state index contributed by atoms with van der Waals surface area (Å²) in [6.45, 7) is 5.92. The van der Waals surface area contributed by atoms with Gasteiger partial charge in [-0.3, -0.25) is 0 Å². The molecule has 2 rings (SSSR count). The van der Waals surface area contributed by atoms with Gasteiger partial charge in [-0.25, -0.2) is 0 Å². The molecule has 1 aliphatic heterocycles. The van der Waals surface area contributed by atoms with Crippen molar-refractivity contribution in [1.82, 2.24) is 4.90 Å². The van der Waals surface area contributed by atoms with Crippen molar-refractivity contribution in [3.05, 3.63) is 34.3 Å². The maximum Gasteiger partial charge on any atom is 0.0318 e. The molecule has 3 heteroatoms. The molecule has 94 valence electrons. The van der Waals surface area contributed by atoms with Gasteiger partial charge in [0.2, 0.25) is 0 Å². The summed E-state index contributed by atoms with van der Waals surface area (Å²) < 4.78 is 1.13. The second-order valence-electron chi connectivity index (χ2n) is 5.11. The monoisotopic (exact) mass is 296 g/mol. The highest BCUT2D eigenvalue weighted by Crippen LogP contribution is 2.24. The highest BCUT2D eigenvalue weighted by molar-refractivity contribution is 9.10. The number of rotatable bonds is 4. The lowest BCUT2D eigenvalue weighted by atomic mass is 10.0. The minimum absolute atomic E-state index is 0.140. The Balaban J connectivity index is 1.85. The van der Waals surface area contributed by atoms with Gasteiger partial charge in [-0.05, 0) is 43.5 Å². The van der Waals surface area contributed by atoms with Crippen LogP contribution in [0.3, 0.4) is 0 Å². The van der Waals surface area contributed by atoms with Crippen LogP contribution in [0.1, 0.15) is 31.4 Å². The number of likely N-dealkylation sites (tertiary alicyclic amines) is 1. The predicted octanol–water partition coefficient (Wildman–Crippen LogP) is 3.18. The van der Waals surface area contributed by atoms with Crippen molar-refractivity contribution in [2.24, 2.45) is 11.7 Å². The van der Waals surface area contributed by atoms with Crippen molar-refractivity contribution >= 4 is 15.9 Å². The second-order valence-corrected chi connectivity index (χ2v) is 5.97. The van der Waals surface area contributed by atoms with E-state index in [1.165, 1.54) is 25.1 Å². The highest BCUT2D eigenvalue weighted by atomic mass is 79.9. The standard InChI is InChI=1S/C14H21BrN2/c1-11-6-8-17(10-11)9-7-14(16)12-4-2-3-5-13(12)15/h2-5,11,14H,6-10,16H2,1H3. The van der Waals surface area contributed by atoms with Crippen LogP contribution in [-0.2, 0) is 0 Å². The Kier molecular flexibility index (Phi) is 4.60. The van der Waals surface area contributed by atoms with Crippen LogP contribution in [0, 0.1) is 5.92 Å². The van der Waals surface area contributed by atoms with Gasteiger partial charge in [0.15, 0.2) is 0 Å². The summed E-state index contributed by atoms with van der Waals surface area (Å²) >= 11 is 3.57. The van der Waals surface area contributed by atoms with Crippen LogP contribution in [0.15, 0.2) is 28.7 Å². The van der Waals surface area contributed by atoms with Crippen LogP contribution >= 0.6 is 15.9 Å². The Morgan fingerprint density at radius 2 is 2.24 bits per heavy atom. The first-order chi connectivity index (χ1) is 8.16. The third kappa shape index (κ3) is 3.54. The molecule has 1 aliphatic rings. The van der Waals surface area contributed by atoms with Gasteiger partial charge < -0.3 is 10.6 Å². The Labute approximate surface area is 112 Å². The summed E-state index contributed by atoms with van der Waals surface area (Å²) in [6, 6.07) is 8.40. The molecule has 2 nitrogen and oxygen atoms in total. The minimum Gasteiger partial charge on any atom is -0.324 e. The SMILES string of the molecule is CC1CCN(CCC(N)c2ccccc2Br)C1. The van der Waals surface area contributed by atoms with E-state index in [4.69, 9.17) is 5.73 Å². The molecule has 0 spiro atoms. The van der Waals surface area contributed by atoms with Crippen LogP contribution in [0.4, 0.5) is 0 Å². The molecule has 0 bridgehead atoms. The minimum atomic E-state index is 0.140. The van der Waals surface area contributed by atoms with Gasteiger partial charge in [0.25, 0.3) is 0 Å². The van der Waals surface area contributed by atoms with E-state index in [2.05, 4.69) is 46.0 Å². The lowest BCUT2D eigenvalue weighted by molar-refractivity contribution is 0.312. The first-order valence-electron chi connectivity index (χ1n) is 6.39. The molecule has 0 saturated carbocycles. The van der Waals surface area contributed by atoms with E-state index in [-0.39, 0.29) is 6.04 Å². The fourth-order valence-electron chi connectivity index (χ4n) is 2.48. The van der Waals surface area contributed by atoms with Crippen molar-refractivity contribution in [3.8, 4) is 0 Å². The number of nitrogens with two attached hydrogens (primary N) is 1. The fraction of sp³-hybridized carbons (Fsp3) is 0.571. The van der Waals surface area contributed by atoms with E-state index in [0.717, 1.165) is 23.4 Å². The zero-order chi connectivity index (χ0) is 12.3. The van der Waals surface area contributed by atoms with E-state index in [9.17, 15) is 0 Å². The third-order valence-corrected chi connectivity index (χ3v) is 4.29. The van der Waals surface area contributed by atoms with Gasteiger partial charge in [0.1, 0.15) is 0 Å². The predicted molar refractivity (Wildman–Crippen MR) is 75.9 cm³/mol. The van der Waals surface area contributed by atoms with Gasteiger partial charge in [0, 0.05) is 17.1 Å². The van der Waals surface area contributed by atoms with Crippen LogP contribution in [0.5, 0.6) is 0 Å². The van der Waals surface area contributed by atoms with Gasteiger partial charge >= 0.3 is 0 Å². The molecule has 1 aromatic rings. The van der Waals surface area contributed by atoms with Crippen LogP contribution in [0.2, 0.25) is 0 Å². The van der Waals surface area contributed by atoms with Gasteiger partial charge in [0.05, 0.1) is 0 Å². The van der Waals surface area contributed by atoms with Crippen molar-refractivity contribution in [2.45, 2.75) is 25.8 Å². The molecule has 2 unspecified atom stereocenters. The molecule has 2 N–H and O–H groups in total. The van der Waals surface area contributed by atoms with Crippen molar-refractivity contribution in [1.29, 1.82) is 0 Å². The first kappa shape index (κ1) is 13.1. The van der Waals surface area contributed by atoms with E-state index >= 15 is 0 Å². The molecule has 1 heterocycles. The smallest absolute Gasteiger partial charge is 0.0318 e. The van der Waals surface area contributed by atoms with Gasteiger partial charge in [-0.2, -0.15) is 0 Å². The maximum atomic E-state index is 6.25. The Morgan fingerprint density at radius 1 is 1.47 bits per heavy atom. The number of hydrogen-bond acceptors (Lipinski definition) is 2. The molecule has 1 fully saturated rings. The summed E-state index contributed by atoms with van der Waals surface area (Å²) in [7, 11) is 0. The van der Waals surface area contributed by atoms with Gasteiger partial charge in [-0.15, -0.1) is 0 Å². The molecule has 0 radical (unpaired) electrons. The molecule has 0 aliphatic carbocycles. The van der Waals surface area contributed by atoms with Crippen molar-refractivity contribution in [3.63, 3.8) is 0 Å². The zero-order valence-corrected chi connectivity index (χ0v) is 12.0. The first-order valence-corrected chi connectivity index (χ1v) is 7.18. The normalized spacial score (nSPS) is 22.9. The second kappa shape index (κ2) is 5.98. The molecule has 0 amide bonds. The number of hydrogen-bond donors (Lipinski definition) is 1. The summed E-state index contributed by atoms with van der Waals surface area (Å²) in [6.07, 6.45) is 2.37. The van der Waals surface area contributed by atoms with E-state index < -0.39 is 0 Å². The molecular formula is C14H21BrN2. The average molecular weight is 297 g/mol. The largest absolute Gasteiger partial charge is 0.324 e. The van der Waals surface area contributed by atoms with Crippen molar-refractivity contribution < 1.29 is 0 Å². The number of benzene rings is 1. The Hall–Kier alpha value is -0.380. The molecule has 0 aromatic heterocycles. The van der Waals surface area contributed by atoms with E-state index in [0.29, 0.717) is 0 Å². The maximum absolute atomic E-state index is 6.25. The highest BCUT2D eigenvalue weighted by Gasteiger charge is 2.19. The molecule has 2 atom stereocenters. The summed E-state index contributed by atoms with van der Waals surface area (Å²) in [4.78, 5) is 2.53. The lowest BCUT2D eigenvalue weighted by Crippen LogP contribution is -2.25. The number of halogens is 1. The summed E-state index contributed by atoms with van der Waals surface area (Å²) in [5.74, 6) is 0.856. The van der Waals surface area contributed by atoms with Crippen LogP contribution < -0.4 is 5.73 Å². The molecule has 1 aromatic carbocycles. The molecule has 17 heavy (non-hydrogen) atoms. The topological polar surface area (TPSA) is 29.3 Å². The van der Waals surface area contributed by atoms with E-state index in [1.807, 2.05) is 6.07 Å². The lowest BCUT2D eigenvalue weighted by Gasteiger charge is -2.19. The van der Waals surface area contributed by atoms with E-state index in [1.54, 1.807) is 0 Å². The summed E-state index contributed by atoms with van der Waals surface area (Å²) in [5, 5.41) is 0. The van der Waals surface area contributed by atoms with Crippen LogP contribution in [0.25, 0.3) is 0 Å². The molecule has 1 saturated heterocycles. The van der Waals surface area contributed by atoms with Crippen LogP contribution in [-0.4, -0.2) is 24.5 Å². The zero-order valence-electron chi connectivity index (χ0n) is 10.4. The summed E-state index contributed by atoms with van der Waals surface area (Å²) in [5.41, 5.74) is 7.47. The van der Waals surface area contributed by atoms with Gasteiger partial charge in [-0.1, -0.05) is 41.1 Å². The van der Waals surface area contributed by atoms with Crippen molar-refractivity contribution in [2.75, 3.05) is 19.6 Å². The fourth-order valence-corrected chi connectivity index (χ4v) is 3.06. The quantitative estimate of drug-likeness (QED) is 0.925. The third-order valence-electron chi connectivity index (χ3n) is 3.57. The number of nitrogens with zero attached hydrogens (tertiary/aromatic N) is 1. The Bertz CT molecular complexity index is 367. The Morgan fingerprint density at radius 3 is 2.88 bits per heavy atom.